The Labute approximate surface area is 156 Å². The summed E-state index contributed by atoms with van der Waals surface area (Å²) in [5, 5.41) is 0. The number of ether oxygens (including phenoxy) is 2. The number of methoxy groups -OCH3 is 1. The van der Waals surface area contributed by atoms with Crippen LogP contribution in [0.15, 0.2) is 48.5 Å². The van der Waals surface area contributed by atoms with E-state index in [4.69, 9.17) is 10.5 Å². The van der Waals surface area contributed by atoms with Crippen LogP contribution in [-0.2, 0) is 0 Å². The van der Waals surface area contributed by atoms with Crippen LogP contribution in [0.2, 0.25) is 0 Å². The third-order valence-corrected chi connectivity index (χ3v) is 4.89. The Balaban J connectivity index is 1.88. The van der Waals surface area contributed by atoms with Crippen LogP contribution in [0.3, 0.4) is 0 Å². The maximum absolute atomic E-state index is 13.1. The first-order valence-corrected chi connectivity index (χ1v) is 8.71. The van der Waals surface area contributed by atoms with Gasteiger partial charge in [0.05, 0.1) is 12.7 Å². The van der Waals surface area contributed by atoms with E-state index in [1.165, 1.54) is 19.2 Å². The molecule has 3 rings (SSSR count). The number of rotatable bonds is 6. The highest BCUT2D eigenvalue weighted by molar-refractivity contribution is 5.98. The van der Waals surface area contributed by atoms with E-state index < -0.39 is 6.61 Å². The molecular formula is C20H22F2N2O3. The van der Waals surface area contributed by atoms with Crippen molar-refractivity contribution < 1.29 is 23.0 Å². The third-order valence-electron chi connectivity index (χ3n) is 4.89. The van der Waals surface area contributed by atoms with Gasteiger partial charge in [-0.1, -0.05) is 36.4 Å². The molecule has 0 saturated carbocycles. The molecule has 2 N–H and O–H groups in total. The summed E-state index contributed by atoms with van der Waals surface area (Å²) >= 11 is 0. The second kappa shape index (κ2) is 8.35. The normalized spacial score (nSPS) is 19.4. The minimum Gasteiger partial charge on any atom is -0.493 e. The molecule has 27 heavy (non-hydrogen) atoms. The van der Waals surface area contributed by atoms with Crippen LogP contribution < -0.4 is 15.2 Å². The van der Waals surface area contributed by atoms with E-state index in [1.54, 1.807) is 11.0 Å². The summed E-state index contributed by atoms with van der Waals surface area (Å²) in [6, 6.07) is 14.4. The average molecular weight is 376 g/mol. The van der Waals surface area contributed by atoms with Crippen molar-refractivity contribution in [3.05, 3.63) is 59.7 Å². The van der Waals surface area contributed by atoms with Gasteiger partial charge in [0.15, 0.2) is 11.5 Å². The molecule has 1 aliphatic rings. The zero-order chi connectivity index (χ0) is 19.4. The molecule has 0 aromatic heterocycles. The lowest BCUT2D eigenvalue weighted by Crippen LogP contribution is -2.30. The van der Waals surface area contributed by atoms with Crippen molar-refractivity contribution in [3.8, 4) is 11.5 Å². The number of alkyl halides is 2. The van der Waals surface area contributed by atoms with Crippen molar-refractivity contribution in [1.29, 1.82) is 0 Å². The third kappa shape index (κ3) is 4.03. The van der Waals surface area contributed by atoms with Gasteiger partial charge in [-0.3, -0.25) is 4.79 Å². The molecule has 1 heterocycles. The largest absolute Gasteiger partial charge is 0.493 e. The van der Waals surface area contributed by atoms with E-state index in [2.05, 4.69) is 4.74 Å². The SMILES string of the molecule is COc1cccc(C(=O)N2C[C@@H](CN)[C@H](c3ccccc3)C2)c1OC(F)F. The Morgan fingerprint density at radius 2 is 1.93 bits per heavy atom. The van der Waals surface area contributed by atoms with E-state index in [0.717, 1.165) is 5.56 Å². The van der Waals surface area contributed by atoms with Crippen LogP contribution in [-0.4, -0.2) is 44.2 Å². The zero-order valence-corrected chi connectivity index (χ0v) is 15.0. The number of halogens is 2. The fourth-order valence-corrected chi connectivity index (χ4v) is 3.58. The van der Waals surface area contributed by atoms with Crippen molar-refractivity contribution >= 4 is 5.91 Å². The van der Waals surface area contributed by atoms with E-state index in [0.29, 0.717) is 19.6 Å². The van der Waals surface area contributed by atoms with Crippen LogP contribution in [0.4, 0.5) is 8.78 Å². The number of carbonyl (C=O) groups is 1. The summed E-state index contributed by atoms with van der Waals surface area (Å²) in [5.74, 6) is -0.323. The molecule has 1 amide bonds. The summed E-state index contributed by atoms with van der Waals surface area (Å²) in [6.45, 7) is -1.70. The van der Waals surface area contributed by atoms with E-state index in [9.17, 15) is 13.6 Å². The van der Waals surface area contributed by atoms with E-state index in [-0.39, 0.29) is 34.8 Å². The van der Waals surface area contributed by atoms with Gasteiger partial charge in [0.1, 0.15) is 0 Å². The highest BCUT2D eigenvalue weighted by Crippen LogP contribution is 2.37. The molecule has 2 aromatic carbocycles. The molecule has 0 aliphatic carbocycles. The lowest BCUT2D eigenvalue weighted by atomic mass is 9.89. The molecule has 1 aliphatic heterocycles. The number of likely N-dealkylation sites (tertiary alicyclic amines) is 1. The predicted octanol–water partition coefficient (Wildman–Crippen LogP) is 3.11. The number of para-hydroxylation sites is 1. The van der Waals surface area contributed by atoms with Crippen LogP contribution >= 0.6 is 0 Å². The molecule has 2 atom stereocenters. The lowest BCUT2D eigenvalue weighted by Gasteiger charge is -2.20. The Bertz CT molecular complexity index is 786. The monoisotopic (exact) mass is 376 g/mol. The van der Waals surface area contributed by atoms with Gasteiger partial charge in [-0.25, -0.2) is 0 Å². The van der Waals surface area contributed by atoms with Gasteiger partial charge >= 0.3 is 6.61 Å². The second-order valence-electron chi connectivity index (χ2n) is 6.44. The van der Waals surface area contributed by atoms with Gasteiger partial charge in [0, 0.05) is 19.0 Å². The maximum atomic E-state index is 13.1. The number of hydrogen-bond acceptors (Lipinski definition) is 4. The minimum absolute atomic E-state index is 0.0548. The molecule has 7 heteroatoms. The lowest BCUT2D eigenvalue weighted by molar-refractivity contribution is -0.0516. The van der Waals surface area contributed by atoms with Crippen LogP contribution in [0.5, 0.6) is 11.5 Å². The zero-order valence-electron chi connectivity index (χ0n) is 15.0. The first-order chi connectivity index (χ1) is 13.0. The Kier molecular flexibility index (Phi) is 5.91. The molecule has 1 saturated heterocycles. The topological polar surface area (TPSA) is 64.8 Å². The Morgan fingerprint density at radius 3 is 2.56 bits per heavy atom. The number of carbonyl (C=O) groups excluding carboxylic acids is 1. The van der Waals surface area contributed by atoms with Crippen LogP contribution in [0.1, 0.15) is 21.8 Å². The molecule has 144 valence electrons. The van der Waals surface area contributed by atoms with E-state index >= 15 is 0 Å². The Hall–Kier alpha value is -2.67. The number of nitrogens with two attached hydrogens (primary N) is 1. The van der Waals surface area contributed by atoms with Gasteiger partial charge < -0.3 is 20.1 Å². The van der Waals surface area contributed by atoms with E-state index in [1.807, 2.05) is 30.3 Å². The summed E-state index contributed by atoms with van der Waals surface area (Å²) in [7, 11) is 1.34. The number of nitrogens with zero attached hydrogens (tertiary/aromatic N) is 1. The molecule has 0 spiro atoms. The number of amides is 1. The fraction of sp³-hybridized carbons (Fsp3) is 0.350. The summed E-state index contributed by atoms with van der Waals surface area (Å²) < 4.78 is 35.3. The van der Waals surface area contributed by atoms with Gasteiger partial charge in [0.25, 0.3) is 5.91 Å². The minimum atomic E-state index is -3.06. The van der Waals surface area contributed by atoms with Gasteiger partial charge in [0.2, 0.25) is 0 Å². The summed E-state index contributed by atoms with van der Waals surface area (Å²) in [6.07, 6.45) is 0. The van der Waals surface area contributed by atoms with Crippen molar-refractivity contribution in [1.82, 2.24) is 4.90 Å². The molecular weight excluding hydrogens is 354 g/mol. The predicted molar refractivity (Wildman–Crippen MR) is 97.3 cm³/mol. The van der Waals surface area contributed by atoms with Crippen molar-refractivity contribution in [3.63, 3.8) is 0 Å². The highest BCUT2D eigenvalue weighted by atomic mass is 19.3. The summed E-state index contributed by atoms with van der Waals surface area (Å²) in [4.78, 5) is 14.7. The number of benzene rings is 2. The van der Waals surface area contributed by atoms with Gasteiger partial charge in [-0.05, 0) is 30.2 Å². The molecule has 1 fully saturated rings. The van der Waals surface area contributed by atoms with Gasteiger partial charge in [-0.2, -0.15) is 8.78 Å². The molecule has 5 nitrogen and oxygen atoms in total. The van der Waals surface area contributed by atoms with Crippen LogP contribution in [0.25, 0.3) is 0 Å². The Morgan fingerprint density at radius 1 is 1.19 bits per heavy atom. The summed E-state index contributed by atoms with van der Waals surface area (Å²) in [5.41, 5.74) is 7.09. The van der Waals surface area contributed by atoms with Gasteiger partial charge in [-0.15, -0.1) is 0 Å². The fourth-order valence-electron chi connectivity index (χ4n) is 3.58. The maximum Gasteiger partial charge on any atom is 0.387 e. The molecule has 2 aromatic rings. The van der Waals surface area contributed by atoms with Crippen molar-refractivity contribution in [2.24, 2.45) is 11.7 Å². The van der Waals surface area contributed by atoms with Crippen LogP contribution in [0, 0.1) is 5.92 Å². The first kappa shape index (κ1) is 19.1. The molecule has 0 bridgehead atoms. The van der Waals surface area contributed by atoms with Crippen molar-refractivity contribution in [2.45, 2.75) is 12.5 Å². The quantitative estimate of drug-likeness (QED) is 0.841. The number of hydrogen-bond donors (Lipinski definition) is 1. The first-order valence-electron chi connectivity index (χ1n) is 8.71. The molecule has 0 unspecified atom stereocenters. The van der Waals surface area contributed by atoms with Crippen molar-refractivity contribution in [2.75, 3.05) is 26.7 Å². The standard InChI is InChI=1S/C20H22F2N2O3/c1-26-17-9-5-8-15(18(17)27-20(21)22)19(25)24-11-14(10-23)16(12-24)13-6-3-2-4-7-13/h2-9,14,16,20H,10-12,23H2,1H3/t14-,16+/m1/s1. The molecule has 0 radical (unpaired) electrons. The second-order valence-corrected chi connectivity index (χ2v) is 6.44. The average Bonchev–Trinajstić information content (AvgIpc) is 3.12. The smallest absolute Gasteiger partial charge is 0.387 e. The highest BCUT2D eigenvalue weighted by Gasteiger charge is 2.36.